The SMILES string of the molecule is Cc1ccc2c(c1)CC2C. The monoisotopic (exact) mass is 132 g/mol. The van der Waals surface area contributed by atoms with E-state index < -0.39 is 0 Å². The molecule has 0 heterocycles. The van der Waals surface area contributed by atoms with E-state index in [9.17, 15) is 0 Å². The van der Waals surface area contributed by atoms with Crippen LogP contribution in [-0.2, 0) is 6.42 Å². The van der Waals surface area contributed by atoms with Gasteiger partial charge in [0.1, 0.15) is 0 Å². The number of benzene rings is 1. The minimum atomic E-state index is 0.815. The van der Waals surface area contributed by atoms with Gasteiger partial charge in [-0.25, -0.2) is 0 Å². The van der Waals surface area contributed by atoms with Gasteiger partial charge in [-0.2, -0.15) is 0 Å². The zero-order valence-electron chi connectivity index (χ0n) is 6.52. The van der Waals surface area contributed by atoms with E-state index in [1.54, 1.807) is 11.1 Å². The Labute approximate surface area is 61.9 Å². The predicted octanol–water partition coefficient (Wildman–Crippen LogP) is 2.65. The van der Waals surface area contributed by atoms with Crippen LogP contribution in [0, 0.1) is 6.92 Å². The highest BCUT2D eigenvalue weighted by Gasteiger charge is 2.20. The highest BCUT2D eigenvalue weighted by atomic mass is 14.2. The molecule has 10 heavy (non-hydrogen) atoms. The normalized spacial score (nSPS) is 21.6. The summed E-state index contributed by atoms with van der Waals surface area (Å²) >= 11 is 0. The summed E-state index contributed by atoms with van der Waals surface area (Å²) in [6.07, 6.45) is 1.29. The Kier molecular flexibility index (Phi) is 1.10. The van der Waals surface area contributed by atoms with Gasteiger partial charge in [0, 0.05) is 0 Å². The van der Waals surface area contributed by atoms with Crippen LogP contribution in [0.5, 0.6) is 0 Å². The van der Waals surface area contributed by atoms with Gasteiger partial charge in [-0.3, -0.25) is 0 Å². The van der Waals surface area contributed by atoms with Crippen molar-refractivity contribution in [2.45, 2.75) is 26.2 Å². The lowest BCUT2D eigenvalue weighted by atomic mass is 9.78. The van der Waals surface area contributed by atoms with Gasteiger partial charge in [-0.1, -0.05) is 30.7 Å². The lowest BCUT2D eigenvalue weighted by Crippen LogP contribution is -2.13. The number of hydrogen-bond acceptors (Lipinski definition) is 0. The third-order valence-electron chi connectivity index (χ3n) is 2.36. The third kappa shape index (κ3) is 0.683. The molecular formula is C10H12. The summed E-state index contributed by atoms with van der Waals surface area (Å²) in [6, 6.07) is 6.77. The minimum Gasteiger partial charge on any atom is -0.0590 e. The second-order valence-electron chi connectivity index (χ2n) is 3.31. The fraction of sp³-hybridized carbons (Fsp3) is 0.400. The fourth-order valence-electron chi connectivity index (χ4n) is 1.70. The van der Waals surface area contributed by atoms with E-state index in [4.69, 9.17) is 0 Å². The second-order valence-corrected chi connectivity index (χ2v) is 3.31. The van der Waals surface area contributed by atoms with Gasteiger partial charge < -0.3 is 0 Å². The first-order valence-corrected chi connectivity index (χ1v) is 3.87. The first-order chi connectivity index (χ1) is 4.77. The van der Waals surface area contributed by atoms with Crippen LogP contribution in [0.3, 0.4) is 0 Å². The van der Waals surface area contributed by atoms with Crippen LogP contribution < -0.4 is 0 Å². The molecule has 0 radical (unpaired) electrons. The summed E-state index contributed by atoms with van der Waals surface area (Å²) in [5.74, 6) is 0.815. The molecule has 0 aliphatic heterocycles. The molecule has 2 rings (SSSR count). The van der Waals surface area contributed by atoms with Crippen LogP contribution in [-0.4, -0.2) is 0 Å². The molecule has 0 fully saturated rings. The number of aryl methyl sites for hydroxylation is 1. The maximum absolute atomic E-state index is 2.30. The van der Waals surface area contributed by atoms with Crippen LogP contribution in [0.2, 0.25) is 0 Å². The van der Waals surface area contributed by atoms with Gasteiger partial charge in [0.05, 0.1) is 0 Å². The van der Waals surface area contributed by atoms with Gasteiger partial charge >= 0.3 is 0 Å². The maximum atomic E-state index is 2.30. The van der Waals surface area contributed by atoms with Crippen LogP contribution in [0.4, 0.5) is 0 Å². The zero-order chi connectivity index (χ0) is 7.14. The summed E-state index contributed by atoms with van der Waals surface area (Å²) in [5, 5.41) is 0. The van der Waals surface area contributed by atoms with Crippen molar-refractivity contribution in [1.82, 2.24) is 0 Å². The minimum absolute atomic E-state index is 0.815. The maximum Gasteiger partial charge on any atom is -0.0147 e. The van der Waals surface area contributed by atoms with Crippen LogP contribution in [0.15, 0.2) is 18.2 Å². The Morgan fingerprint density at radius 3 is 2.80 bits per heavy atom. The molecule has 1 unspecified atom stereocenters. The Hall–Kier alpha value is -0.780. The van der Waals surface area contributed by atoms with Gasteiger partial charge in [-0.15, -0.1) is 0 Å². The van der Waals surface area contributed by atoms with Crippen LogP contribution in [0.1, 0.15) is 29.5 Å². The summed E-state index contributed by atoms with van der Waals surface area (Å²) in [7, 11) is 0. The van der Waals surface area contributed by atoms with Crippen molar-refractivity contribution in [2.24, 2.45) is 0 Å². The highest BCUT2D eigenvalue weighted by Crippen LogP contribution is 2.34. The molecule has 1 aromatic carbocycles. The van der Waals surface area contributed by atoms with Crippen LogP contribution in [0.25, 0.3) is 0 Å². The first kappa shape index (κ1) is 5.96. The largest absolute Gasteiger partial charge is 0.0590 e. The van der Waals surface area contributed by atoms with Crippen LogP contribution >= 0.6 is 0 Å². The fourth-order valence-corrected chi connectivity index (χ4v) is 1.70. The van der Waals surface area contributed by atoms with Crippen molar-refractivity contribution < 1.29 is 0 Å². The van der Waals surface area contributed by atoms with Crippen molar-refractivity contribution >= 4 is 0 Å². The van der Waals surface area contributed by atoms with E-state index in [2.05, 4.69) is 32.0 Å². The van der Waals surface area contributed by atoms with E-state index in [0.717, 1.165) is 5.92 Å². The molecule has 0 N–H and O–H groups in total. The summed E-state index contributed by atoms with van der Waals surface area (Å²) in [5.41, 5.74) is 4.52. The summed E-state index contributed by atoms with van der Waals surface area (Å²) in [4.78, 5) is 0. The van der Waals surface area contributed by atoms with Gasteiger partial charge in [0.2, 0.25) is 0 Å². The number of rotatable bonds is 0. The molecule has 1 aromatic rings. The van der Waals surface area contributed by atoms with Gasteiger partial charge in [0.15, 0.2) is 0 Å². The Bertz CT molecular complexity index is 261. The Morgan fingerprint density at radius 2 is 2.20 bits per heavy atom. The van der Waals surface area contributed by atoms with Crippen molar-refractivity contribution in [3.8, 4) is 0 Å². The molecule has 0 bridgehead atoms. The lowest BCUT2D eigenvalue weighted by Gasteiger charge is -2.26. The summed E-state index contributed by atoms with van der Waals surface area (Å²) < 4.78 is 0. The van der Waals surface area contributed by atoms with E-state index >= 15 is 0 Å². The van der Waals surface area contributed by atoms with E-state index in [1.165, 1.54) is 12.0 Å². The number of hydrogen-bond donors (Lipinski definition) is 0. The van der Waals surface area contributed by atoms with Crippen molar-refractivity contribution in [3.05, 3.63) is 34.9 Å². The quantitative estimate of drug-likeness (QED) is 0.509. The topological polar surface area (TPSA) is 0 Å². The number of fused-ring (bicyclic) bond motifs is 1. The van der Waals surface area contributed by atoms with Crippen molar-refractivity contribution in [2.75, 3.05) is 0 Å². The predicted molar refractivity (Wildman–Crippen MR) is 43.3 cm³/mol. The molecule has 1 atom stereocenters. The molecule has 0 heteroatoms. The van der Waals surface area contributed by atoms with E-state index in [0.29, 0.717) is 0 Å². The first-order valence-electron chi connectivity index (χ1n) is 3.87. The zero-order valence-corrected chi connectivity index (χ0v) is 6.52. The molecule has 0 aromatic heterocycles. The van der Waals surface area contributed by atoms with E-state index in [1.807, 2.05) is 0 Å². The van der Waals surface area contributed by atoms with Crippen molar-refractivity contribution in [3.63, 3.8) is 0 Å². The van der Waals surface area contributed by atoms with Gasteiger partial charge in [-0.05, 0) is 30.4 Å². The smallest absolute Gasteiger partial charge is 0.0147 e. The standard InChI is InChI=1S/C10H12/c1-7-3-4-10-8(2)6-9(10)5-7/h3-5,8H,6H2,1-2H3. The Balaban J connectivity index is 2.49. The lowest BCUT2D eigenvalue weighted by molar-refractivity contribution is 0.666. The molecule has 1 aliphatic rings. The molecule has 0 saturated carbocycles. The molecule has 1 aliphatic carbocycles. The molecule has 0 saturated heterocycles. The molecule has 0 amide bonds. The van der Waals surface area contributed by atoms with E-state index in [-0.39, 0.29) is 0 Å². The average Bonchev–Trinajstić information content (AvgIpc) is 1.86. The highest BCUT2D eigenvalue weighted by molar-refractivity contribution is 5.41. The average molecular weight is 132 g/mol. The molecule has 0 spiro atoms. The molecule has 0 nitrogen and oxygen atoms in total. The van der Waals surface area contributed by atoms with Gasteiger partial charge in [0.25, 0.3) is 0 Å². The third-order valence-corrected chi connectivity index (χ3v) is 2.36. The summed E-state index contributed by atoms with van der Waals surface area (Å²) in [6.45, 7) is 4.45. The molecule has 52 valence electrons. The Morgan fingerprint density at radius 1 is 1.40 bits per heavy atom. The second kappa shape index (κ2) is 1.85. The van der Waals surface area contributed by atoms with Crippen molar-refractivity contribution in [1.29, 1.82) is 0 Å². The molecular weight excluding hydrogens is 120 g/mol.